The van der Waals surface area contributed by atoms with E-state index in [4.69, 9.17) is 10.6 Å². The van der Waals surface area contributed by atoms with Crippen LogP contribution in [0.1, 0.15) is 20.7 Å². The summed E-state index contributed by atoms with van der Waals surface area (Å²) in [6, 6.07) is 2.41. The second kappa shape index (κ2) is 7.51. The molecule has 3 N–H and O–H groups in total. The molecule has 4 heterocycles. The molecule has 4 aromatic rings. The van der Waals surface area contributed by atoms with E-state index in [0.717, 1.165) is 12.4 Å². The number of pyridine rings is 2. The van der Waals surface area contributed by atoms with Gasteiger partial charge in [0, 0.05) is 29.4 Å². The van der Waals surface area contributed by atoms with Crippen LogP contribution in [0.4, 0.5) is 8.78 Å². The van der Waals surface area contributed by atoms with Gasteiger partial charge in [0.15, 0.2) is 0 Å². The highest BCUT2D eigenvalue weighted by atomic mass is 19.1. The molecule has 28 heavy (non-hydrogen) atoms. The van der Waals surface area contributed by atoms with Gasteiger partial charge in [0.25, 0.3) is 5.91 Å². The zero-order valence-corrected chi connectivity index (χ0v) is 13.7. The Labute approximate surface area is 153 Å². The average molecular weight is 385 g/mol. The number of aromatic carboxylic acids is 1. The predicted octanol–water partition coefficient (Wildman–Crippen LogP) is 3.55. The number of H-pyrrole nitrogens is 2. The molecule has 0 aliphatic rings. The molecular weight excluding hydrogens is 376 g/mol. The van der Waals surface area contributed by atoms with Crippen LogP contribution in [0.25, 0.3) is 32.5 Å². The third-order valence-electron chi connectivity index (χ3n) is 3.56. The van der Waals surface area contributed by atoms with Crippen molar-refractivity contribution in [1.82, 2.24) is 19.9 Å². The molecule has 0 unspecified atom stereocenters. The van der Waals surface area contributed by atoms with Crippen molar-refractivity contribution in [3.05, 3.63) is 70.1 Å². The summed E-state index contributed by atoms with van der Waals surface area (Å²) in [5.41, 5.74) is 9.60. The van der Waals surface area contributed by atoms with Crippen LogP contribution < -0.4 is 0 Å². The molecule has 0 aliphatic heterocycles. The molecule has 0 spiro atoms. The van der Waals surface area contributed by atoms with Gasteiger partial charge in [0.1, 0.15) is 22.7 Å². The number of carboxylic acid groups (broad SMARTS) is 1. The Morgan fingerprint density at radius 3 is 2.00 bits per heavy atom. The number of aromatic nitrogens is 4. The highest BCUT2D eigenvalue weighted by Crippen LogP contribution is 2.17. The van der Waals surface area contributed by atoms with Crippen molar-refractivity contribution in [1.29, 1.82) is 0 Å². The number of azide groups is 1. The van der Waals surface area contributed by atoms with E-state index >= 15 is 0 Å². The minimum Gasteiger partial charge on any atom is -0.478 e. The normalized spacial score (nSPS) is 10.2. The molecule has 4 aromatic heterocycles. The van der Waals surface area contributed by atoms with Gasteiger partial charge in [-0.3, -0.25) is 14.8 Å². The summed E-state index contributed by atoms with van der Waals surface area (Å²) in [4.78, 5) is 36.9. The van der Waals surface area contributed by atoms with Gasteiger partial charge < -0.3 is 15.1 Å². The maximum atomic E-state index is 12.7. The number of carbonyl (C=O) groups is 2. The lowest BCUT2D eigenvalue weighted by Gasteiger charge is -1.91. The number of nitrogens with one attached hydrogen (secondary N) is 2. The molecule has 4 rings (SSSR count). The lowest BCUT2D eigenvalue weighted by atomic mass is 10.2. The van der Waals surface area contributed by atoms with E-state index < -0.39 is 23.5 Å². The van der Waals surface area contributed by atoms with E-state index in [9.17, 15) is 18.4 Å². The lowest BCUT2D eigenvalue weighted by Crippen LogP contribution is -1.94. The Balaban J connectivity index is 0.000000162. The maximum Gasteiger partial charge on any atom is 0.339 e. The molecule has 0 aromatic carbocycles. The molecule has 1 amide bonds. The van der Waals surface area contributed by atoms with Crippen LogP contribution in [0, 0.1) is 11.6 Å². The number of carboxylic acids is 1. The number of halogens is 2. The fraction of sp³-hybridized carbons (Fsp3) is 0. The second-order valence-corrected chi connectivity index (χ2v) is 5.30. The van der Waals surface area contributed by atoms with Crippen molar-refractivity contribution >= 4 is 33.9 Å². The number of aromatic amines is 2. The van der Waals surface area contributed by atoms with Gasteiger partial charge in [-0.05, 0) is 10.6 Å². The van der Waals surface area contributed by atoms with Gasteiger partial charge >= 0.3 is 5.97 Å². The van der Waals surface area contributed by atoms with Crippen molar-refractivity contribution in [2.75, 3.05) is 0 Å². The third kappa shape index (κ3) is 3.61. The van der Waals surface area contributed by atoms with Gasteiger partial charge in [-0.1, -0.05) is 0 Å². The van der Waals surface area contributed by atoms with E-state index in [1.165, 1.54) is 24.5 Å². The summed E-state index contributed by atoms with van der Waals surface area (Å²) in [5.74, 6) is -2.83. The fourth-order valence-electron chi connectivity index (χ4n) is 2.38. The van der Waals surface area contributed by atoms with Crippen LogP contribution in [0.3, 0.4) is 0 Å². The Morgan fingerprint density at radius 2 is 1.50 bits per heavy atom. The first-order chi connectivity index (χ1) is 13.4. The summed E-state index contributed by atoms with van der Waals surface area (Å²) in [7, 11) is 0. The number of carbonyl (C=O) groups excluding carboxylic acids is 1. The molecular formula is C16H9F2N7O3. The molecule has 0 fully saturated rings. The Morgan fingerprint density at radius 1 is 1.00 bits per heavy atom. The quantitative estimate of drug-likeness (QED) is 0.273. The van der Waals surface area contributed by atoms with E-state index in [2.05, 4.69) is 30.0 Å². The molecule has 0 radical (unpaired) electrons. The number of hydrogen-bond donors (Lipinski definition) is 3. The summed E-state index contributed by atoms with van der Waals surface area (Å²) in [6.07, 6.45) is 4.60. The molecule has 0 atom stereocenters. The highest BCUT2D eigenvalue weighted by Gasteiger charge is 2.12. The van der Waals surface area contributed by atoms with E-state index in [1.807, 2.05) is 0 Å². The first-order valence-corrected chi connectivity index (χ1v) is 7.48. The SMILES string of the molecule is O=C(O)c1c[nH]c2cc(F)cnc12.[N-]=[N+]=NC(=O)c1c[nH]c2cc(F)cnc12. The highest BCUT2D eigenvalue weighted by molar-refractivity contribution is 6.05. The summed E-state index contributed by atoms with van der Waals surface area (Å²) in [5, 5.41) is 11.6. The van der Waals surface area contributed by atoms with E-state index in [1.54, 1.807) is 0 Å². The first kappa shape index (κ1) is 18.5. The standard InChI is InChI=1S/C8H4FN5O.C8H5FN2O2/c9-4-1-6-7(12-2-4)5(3-11-6)8(15)13-14-10;9-4-1-6-7(11-2-4)5(3-10-6)8(12)13/h1-3,11H;1-3,10H,(H,12,13). The zero-order valence-electron chi connectivity index (χ0n) is 13.7. The Bertz CT molecular complexity index is 1260. The molecule has 10 nitrogen and oxygen atoms in total. The van der Waals surface area contributed by atoms with Crippen molar-refractivity contribution in [2.24, 2.45) is 5.11 Å². The van der Waals surface area contributed by atoms with Crippen LogP contribution in [-0.2, 0) is 0 Å². The number of hydrogen-bond acceptors (Lipinski definition) is 4. The maximum absolute atomic E-state index is 12.7. The van der Waals surface area contributed by atoms with Crippen molar-refractivity contribution in [2.45, 2.75) is 0 Å². The monoisotopic (exact) mass is 385 g/mol. The zero-order chi connectivity index (χ0) is 20.3. The minimum atomic E-state index is -1.08. The molecule has 0 bridgehead atoms. The summed E-state index contributed by atoms with van der Waals surface area (Å²) in [6.45, 7) is 0. The topological polar surface area (TPSA) is 160 Å². The van der Waals surface area contributed by atoms with Crippen LogP contribution in [0.2, 0.25) is 0 Å². The van der Waals surface area contributed by atoms with Gasteiger partial charge in [0.05, 0.1) is 34.5 Å². The van der Waals surface area contributed by atoms with Gasteiger partial charge in [-0.2, -0.15) is 0 Å². The number of fused-ring (bicyclic) bond motifs is 2. The molecule has 140 valence electrons. The van der Waals surface area contributed by atoms with Gasteiger partial charge in [0.2, 0.25) is 0 Å². The second-order valence-electron chi connectivity index (χ2n) is 5.30. The largest absolute Gasteiger partial charge is 0.478 e. The molecule has 0 saturated carbocycles. The van der Waals surface area contributed by atoms with E-state index in [-0.39, 0.29) is 22.2 Å². The summed E-state index contributed by atoms with van der Waals surface area (Å²) < 4.78 is 25.4. The fourth-order valence-corrected chi connectivity index (χ4v) is 2.38. The lowest BCUT2D eigenvalue weighted by molar-refractivity contribution is 0.0698. The summed E-state index contributed by atoms with van der Waals surface area (Å²) >= 11 is 0. The van der Waals surface area contributed by atoms with E-state index in [0.29, 0.717) is 11.0 Å². The predicted molar refractivity (Wildman–Crippen MR) is 92.5 cm³/mol. The van der Waals surface area contributed by atoms with Crippen LogP contribution >= 0.6 is 0 Å². The Kier molecular flexibility index (Phi) is 4.96. The minimum absolute atomic E-state index is 0.0509. The van der Waals surface area contributed by atoms with Gasteiger partial charge in [-0.25, -0.2) is 13.6 Å². The van der Waals surface area contributed by atoms with Crippen molar-refractivity contribution < 1.29 is 23.5 Å². The van der Waals surface area contributed by atoms with Gasteiger partial charge in [-0.15, -0.1) is 0 Å². The number of amides is 1. The van der Waals surface area contributed by atoms with Crippen LogP contribution in [-0.4, -0.2) is 36.9 Å². The van der Waals surface area contributed by atoms with Crippen molar-refractivity contribution in [3.63, 3.8) is 0 Å². The van der Waals surface area contributed by atoms with Crippen LogP contribution in [0.5, 0.6) is 0 Å². The average Bonchev–Trinajstić information content (AvgIpc) is 3.25. The first-order valence-electron chi connectivity index (χ1n) is 7.48. The van der Waals surface area contributed by atoms with Crippen molar-refractivity contribution in [3.8, 4) is 0 Å². The number of nitrogens with zero attached hydrogens (tertiary/aromatic N) is 5. The van der Waals surface area contributed by atoms with Crippen LogP contribution in [0.15, 0.2) is 42.0 Å². The molecule has 12 heteroatoms. The molecule has 0 aliphatic carbocycles. The molecule has 0 saturated heterocycles. The number of rotatable bonds is 2. The smallest absolute Gasteiger partial charge is 0.339 e. The third-order valence-corrected chi connectivity index (χ3v) is 3.56. The Hall–Kier alpha value is -4.31.